The zero-order chi connectivity index (χ0) is 10.6. The second-order valence-electron chi connectivity index (χ2n) is 3.54. The molecule has 4 heteroatoms. The van der Waals surface area contributed by atoms with E-state index in [1.165, 1.54) is 0 Å². The monoisotopic (exact) mass is 197 g/mol. The molecule has 0 aromatic heterocycles. The van der Waals surface area contributed by atoms with Crippen molar-refractivity contribution in [3.05, 3.63) is 11.6 Å². The molecule has 0 spiro atoms. The fourth-order valence-electron chi connectivity index (χ4n) is 1.58. The summed E-state index contributed by atoms with van der Waals surface area (Å²) in [4.78, 5) is 21.9. The van der Waals surface area contributed by atoms with Gasteiger partial charge in [-0.2, -0.15) is 0 Å². The van der Waals surface area contributed by atoms with Crippen LogP contribution in [0, 0.1) is 0 Å². The fourth-order valence-corrected chi connectivity index (χ4v) is 1.58. The molecule has 0 saturated carbocycles. The minimum Gasteiger partial charge on any atom is -0.481 e. The quantitative estimate of drug-likeness (QED) is 0.700. The van der Waals surface area contributed by atoms with Crippen LogP contribution in [0.3, 0.4) is 0 Å². The molecular weight excluding hydrogens is 182 g/mol. The Hall–Kier alpha value is -1.16. The van der Waals surface area contributed by atoms with E-state index < -0.39 is 12.0 Å². The zero-order valence-electron chi connectivity index (χ0n) is 8.03. The van der Waals surface area contributed by atoms with E-state index in [1.54, 1.807) is 0 Å². The second-order valence-corrected chi connectivity index (χ2v) is 3.54. The Morgan fingerprint density at radius 2 is 2.21 bits per heavy atom. The highest BCUT2D eigenvalue weighted by Crippen LogP contribution is 2.19. The van der Waals surface area contributed by atoms with Crippen molar-refractivity contribution in [3.63, 3.8) is 0 Å². The van der Waals surface area contributed by atoms with Crippen LogP contribution in [-0.4, -0.2) is 22.9 Å². The number of carbonyl (C=O) groups excluding carboxylic acids is 1. The van der Waals surface area contributed by atoms with E-state index >= 15 is 0 Å². The van der Waals surface area contributed by atoms with Gasteiger partial charge in [-0.25, -0.2) is 0 Å². The third kappa shape index (κ3) is 2.96. The molecule has 14 heavy (non-hydrogen) atoms. The summed E-state index contributed by atoms with van der Waals surface area (Å²) < 4.78 is 0. The molecule has 0 aromatic rings. The van der Waals surface area contributed by atoms with Gasteiger partial charge in [0.1, 0.15) is 0 Å². The summed E-state index contributed by atoms with van der Waals surface area (Å²) in [5.41, 5.74) is 6.19. The Bertz CT molecular complexity index is 271. The van der Waals surface area contributed by atoms with Gasteiger partial charge in [0.25, 0.3) is 0 Å². The first-order valence-corrected chi connectivity index (χ1v) is 4.82. The van der Waals surface area contributed by atoms with Crippen LogP contribution in [0.25, 0.3) is 0 Å². The summed E-state index contributed by atoms with van der Waals surface area (Å²) in [6.45, 7) is 0. The van der Waals surface area contributed by atoms with E-state index in [-0.39, 0.29) is 12.2 Å². The lowest BCUT2D eigenvalue weighted by atomic mass is 9.92. The van der Waals surface area contributed by atoms with Crippen molar-refractivity contribution in [2.75, 3.05) is 0 Å². The van der Waals surface area contributed by atoms with Gasteiger partial charge in [-0.1, -0.05) is 6.08 Å². The van der Waals surface area contributed by atoms with Gasteiger partial charge >= 0.3 is 5.97 Å². The molecule has 1 aliphatic rings. The molecule has 0 aromatic carbocycles. The summed E-state index contributed by atoms with van der Waals surface area (Å²) in [6, 6.07) is -0.878. The number of rotatable bonds is 4. The Morgan fingerprint density at radius 3 is 2.71 bits per heavy atom. The molecule has 78 valence electrons. The highest BCUT2D eigenvalue weighted by molar-refractivity contribution is 6.00. The lowest BCUT2D eigenvalue weighted by Gasteiger charge is -2.14. The van der Waals surface area contributed by atoms with Gasteiger partial charge in [0, 0.05) is 0 Å². The van der Waals surface area contributed by atoms with Crippen molar-refractivity contribution in [1.82, 2.24) is 0 Å². The topological polar surface area (TPSA) is 80.4 Å². The average Bonchev–Trinajstić information content (AvgIpc) is 2.17. The molecular formula is C10H15NO3. The van der Waals surface area contributed by atoms with E-state index in [0.717, 1.165) is 25.7 Å². The number of ketones is 1. The zero-order valence-corrected chi connectivity index (χ0v) is 8.03. The maximum Gasteiger partial charge on any atom is 0.305 e. The molecule has 0 amide bonds. The lowest BCUT2D eigenvalue weighted by molar-refractivity contribution is -0.138. The predicted octanol–water partition coefficient (Wildman–Crippen LogP) is 0.858. The van der Waals surface area contributed by atoms with Crippen molar-refractivity contribution in [3.8, 4) is 0 Å². The number of aliphatic carboxylic acids is 1. The van der Waals surface area contributed by atoms with Gasteiger partial charge in [-0.15, -0.1) is 0 Å². The summed E-state index contributed by atoms with van der Waals surface area (Å²) >= 11 is 0. The van der Waals surface area contributed by atoms with Crippen molar-refractivity contribution in [2.24, 2.45) is 5.73 Å². The second kappa shape index (κ2) is 4.91. The summed E-state index contributed by atoms with van der Waals surface area (Å²) in [5, 5.41) is 8.48. The number of carboxylic acids is 1. The number of hydrogen-bond donors (Lipinski definition) is 2. The molecule has 4 nitrogen and oxygen atoms in total. The van der Waals surface area contributed by atoms with Crippen LogP contribution in [0.5, 0.6) is 0 Å². The largest absolute Gasteiger partial charge is 0.481 e. The maximum absolute atomic E-state index is 11.6. The Labute approximate surface area is 82.8 Å². The number of allylic oxidation sites excluding steroid dienone is 1. The van der Waals surface area contributed by atoms with Crippen molar-refractivity contribution < 1.29 is 14.7 Å². The van der Waals surface area contributed by atoms with E-state index in [4.69, 9.17) is 10.8 Å². The van der Waals surface area contributed by atoms with Crippen LogP contribution in [0.15, 0.2) is 11.6 Å². The van der Waals surface area contributed by atoms with Crippen molar-refractivity contribution in [2.45, 2.75) is 38.1 Å². The first-order valence-electron chi connectivity index (χ1n) is 4.82. The number of carbonyl (C=O) groups is 2. The molecule has 0 aliphatic heterocycles. The summed E-state index contributed by atoms with van der Waals surface area (Å²) in [7, 11) is 0. The van der Waals surface area contributed by atoms with Gasteiger partial charge < -0.3 is 10.8 Å². The Balaban J connectivity index is 2.55. The van der Waals surface area contributed by atoms with Gasteiger partial charge in [-0.3, -0.25) is 9.59 Å². The van der Waals surface area contributed by atoms with Gasteiger partial charge in [0.05, 0.1) is 12.5 Å². The molecule has 3 N–H and O–H groups in total. The molecule has 0 bridgehead atoms. The SMILES string of the molecule is N[C@@H](CC(=O)O)C(=O)C1=CCCCC1. The Morgan fingerprint density at radius 1 is 1.50 bits per heavy atom. The van der Waals surface area contributed by atoms with Crippen LogP contribution >= 0.6 is 0 Å². The number of Topliss-reactive ketones (excluding diaryl/α,β-unsaturated/α-hetero) is 1. The third-order valence-electron chi connectivity index (χ3n) is 2.34. The van der Waals surface area contributed by atoms with Crippen LogP contribution in [0.4, 0.5) is 0 Å². The van der Waals surface area contributed by atoms with E-state index in [9.17, 15) is 9.59 Å². The molecule has 0 radical (unpaired) electrons. The van der Waals surface area contributed by atoms with Crippen molar-refractivity contribution >= 4 is 11.8 Å². The van der Waals surface area contributed by atoms with Crippen LogP contribution in [-0.2, 0) is 9.59 Å². The molecule has 0 saturated heterocycles. The molecule has 1 aliphatic carbocycles. The highest BCUT2D eigenvalue weighted by Gasteiger charge is 2.21. The standard InChI is InChI=1S/C10H15NO3/c11-8(6-9(12)13)10(14)7-4-2-1-3-5-7/h4,8H,1-3,5-6,11H2,(H,12,13)/t8-/m0/s1. The molecule has 0 unspecified atom stereocenters. The van der Waals surface area contributed by atoms with Gasteiger partial charge in [-0.05, 0) is 31.3 Å². The maximum atomic E-state index is 11.6. The smallest absolute Gasteiger partial charge is 0.305 e. The van der Waals surface area contributed by atoms with Crippen LogP contribution < -0.4 is 5.73 Å². The van der Waals surface area contributed by atoms with Crippen LogP contribution in [0.1, 0.15) is 32.1 Å². The average molecular weight is 197 g/mol. The van der Waals surface area contributed by atoms with E-state index in [1.807, 2.05) is 6.08 Å². The lowest BCUT2D eigenvalue weighted by Crippen LogP contribution is -2.34. The first kappa shape index (κ1) is 10.9. The third-order valence-corrected chi connectivity index (χ3v) is 2.34. The summed E-state index contributed by atoms with van der Waals surface area (Å²) in [6.07, 6.45) is 5.35. The molecule has 1 atom stereocenters. The van der Waals surface area contributed by atoms with E-state index in [0.29, 0.717) is 5.57 Å². The van der Waals surface area contributed by atoms with Gasteiger partial charge in [0.2, 0.25) is 0 Å². The normalized spacial score (nSPS) is 18.5. The predicted molar refractivity (Wildman–Crippen MR) is 51.8 cm³/mol. The molecule has 0 heterocycles. The number of carboxylic acid groups (broad SMARTS) is 1. The minimum atomic E-state index is -1.03. The fraction of sp³-hybridized carbons (Fsp3) is 0.600. The Kier molecular flexibility index (Phi) is 3.83. The minimum absolute atomic E-state index is 0.202. The first-order chi connectivity index (χ1) is 6.61. The molecule has 1 rings (SSSR count). The molecule has 0 fully saturated rings. The van der Waals surface area contributed by atoms with Crippen LogP contribution in [0.2, 0.25) is 0 Å². The van der Waals surface area contributed by atoms with Gasteiger partial charge in [0.15, 0.2) is 5.78 Å². The summed E-state index contributed by atoms with van der Waals surface area (Å²) in [5.74, 6) is -1.23. The number of hydrogen-bond acceptors (Lipinski definition) is 3. The number of nitrogens with two attached hydrogens (primary N) is 1. The van der Waals surface area contributed by atoms with E-state index in [2.05, 4.69) is 0 Å². The highest BCUT2D eigenvalue weighted by atomic mass is 16.4. The van der Waals surface area contributed by atoms with Crippen molar-refractivity contribution in [1.29, 1.82) is 0 Å².